The van der Waals surface area contributed by atoms with Crippen LogP contribution in [-0.4, -0.2) is 26.3 Å². The number of carbonyl (C=O) groups excluding carboxylic acids is 1. The molecule has 1 rings (SSSR count). The number of methoxy groups -OCH3 is 1. The zero-order valence-corrected chi connectivity index (χ0v) is 6.79. The number of ether oxygens (including phenoxy) is 2. The fourth-order valence-electron chi connectivity index (χ4n) is 0.933. The van der Waals surface area contributed by atoms with Crippen molar-refractivity contribution in [2.75, 3.05) is 20.3 Å². The Bertz CT molecular complexity index is 180. The largest absolute Gasteiger partial charge is 0.466 e. The maximum atomic E-state index is 10.9. The molecule has 1 aliphatic heterocycles. The Balaban J connectivity index is 2.43. The molecule has 1 heterocycles. The smallest absolute Gasteiger partial charge is 0.333 e. The lowest BCUT2D eigenvalue weighted by molar-refractivity contribution is -0.136. The van der Waals surface area contributed by atoms with E-state index in [1.807, 2.05) is 6.08 Å². The predicted octanol–water partition coefficient (Wildman–Crippen LogP) is 0.752. The lowest BCUT2D eigenvalue weighted by atomic mass is 10.1. The molecule has 0 spiro atoms. The first kappa shape index (κ1) is 8.27. The Hall–Kier alpha value is -0.830. The first-order valence-corrected chi connectivity index (χ1v) is 3.58. The monoisotopic (exact) mass is 156 g/mol. The standard InChI is InChI=1S/C8H12O3/c1-6(8(9)10-2)3-7-4-11-5-7/h3,7H,4-5H2,1-2H3/b6-3+. The molecule has 1 aliphatic rings. The Morgan fingerprint density at radius 2 is 2.27 bits per heavy atom. The van der Waals surface area contributed by atoms with Crippen LogP contribution >= 0.6 is 0 Å². The zero-order chi connectivity index (χ0) is 8.27. The van der Waals surface area contributed by atoms with Gasteiger partial charge in [-0.1, -0.05) is 6.08 Å². The van der Waals surface area contributed by atoms with Gasteiger partial charge in [-0.25, -0.2) is 4.79 Å². The van der Waals surface area contributed by atoms with Crippen LogP contribution in [0.25, 0.3) is 0 Å². The Morgan fingerprint density at radius 3 is 2.64 bits per heavy atom. The molecule has 0 aromatic heterocycles. The average molecular weight is 156 g/mol. The molecular formula is C8H12O3. The second kappa shape index (κ2) is 3.53. The average Bonchev–Trinajstić information content (AvgIpc) is 1.94. The van der Waals surface area contributed by atoms with Crippen LogP contribution in [0.3, 0.4) is 0 Å². The van der Waals surface area contributed by atoms with Gasteiger partial charge in [-0.2, -0.15) is 0 Å². The van der Waals surface area contributed by atoms with E-state index < -0.39 is 0 Å². The molecule has 0 saturated carbocycles. The van der Waals surface area contributed by atoms with E-state index in [9.17, 15) is 4.79 Å². The highest BCUT2D eigenvalue weighted by atomic mass is 16.5. The molecule has 0 aromatic rings. The lowest BCUT2D eigenvalue weighted by Crippen LogP contribution is -2.26. The van der Waals surface area contributed by atoms with Gasteiger partial charge in [-0.15, -0.1) is 0 Å². The Kier molecular flexibility index (Phi) is 2.65. The first-order chi connectivity index (χ1) is 5.24. The van der Waals surface area contributed by atoms with Crippen molar-refractivity contribution < 1.29 is 14.3 Å². The van der Waals surface area contributed by atoms with Gasteiger partial charge in [0.2, 0.25) is 0 Å². The van der Waals surface area contributed by atoms with E-state index in [4.69, 9.17) is 4.74 Å². The molecule has 11 heavy (non-hydrogen) atoms. The van der Waals surface area contributed by atoms with Gasteiger partial charge in [-0.3, -0.25) is 0 Å². The van der Waals surface area contributed by atoms with Crippen molar-refractivity contribution in [3.05, 3.63) is 11.6 Å². The highest BCUT2D eigenvalue weighted by Gasteiger charge is 2.17. The van der Waals surface area contributed by atoms with Gasteiger partial charge in [0.1, 0.15) is 0 Å². The number of rotatable bonds is 2. The van der Waals surface area contributed by atoms with Crippen molar-refractivity contribution in [3.63, 3.8) is 0 Å². The van der Waals surface area contributed by atoms with E-state index >= 15 is 0 Å². The van der Waals surface area contributed by atoms with E-state index in [-0.39, 0.29) is 5.97 Å². The normalized spacial score (nSPS) is 19.3. The minimum Gasteiger partial charge on any atom is -0.466 e. The Labute approximate surface area is 66.0 Å². The first-order valence-electron chi connectivity index (χ1n) is 3.58. The topological polar surface area (TPSA) is 35.5 Å². The molecule has 3 nitrogen and oxygen atoms in total. The third kappa shape index (κ3) is 2.05. The fourth-order valence-corrected chi connectivity index (χ4v) is 0.933. The van der Waals surface area contributed by atoms with Crippen molar-refractivity contribution in [1.29, 1.82) is 0 Å². The van der Waals surface area contributed by atoms with Crippen molar-refractivity contribution in [2.24, 2.45) is 5.92 Å². The summed E-state index contributed by atoms with van der Waals surface area (Å²) in [7, 11) is 1.39. The van der Waals surface area contributed by atoms with Gasteiger partial charge in [0.05, 0.1) is 20.3 Å². The van der Waals surface area contributed by atoms with Crippen LogP contribution in [0.1, 0.15) is 6.92 Å². The minimum atomic E-state index is -0.253. The Morgan fingerprint density at radius 1 is 1.64 bits per heavy atom. The quantitative estimate of drug-likeness (QED) is 0.437. The zero-order valence-electron chi connectivity index (χ0n) is 6.79. The minimum absolute atomic E-state index is 0.253. The van der Waals surface area contributed by atoms with Crippen LogP contribution in [0.4, 0.5) is 0 Å². The highest BCUT2D eigenvalue weighted by Crippen LogP contribution is 2.13. The van der Waals surface area contributed by atoms with Crippen LogP contribution < -0.4 is 0 Å². The van der Waals surface area contributed by atoms with Gasteiger partial charge in [0, 0.05) is 11.5 Å². The molecule has 0 atom stereocenters. The van der Waals surface area contributed by atoms with Crippen LogP contribution in [0.15, 0.2) is 11.6 Å². The molecular weight excluding hydrogens is 144 g/mol. The summed E-state index contributed by atoms with van der Waals surface area (Å²) in [6.45, 7) is 3.22. The molecule has 3 heteroatoms. The summed E-state index contributed by atoms with van der Waals surface area (Å²) in [4.78, 5) is 10.9. The SMILES string of the molecule is COC(=O)/C(C)=C/C1COC1. The van der Waals surface area contributed by atoms with Crippen molar-refractivity contribution in [1.82, 2.24) is 0 Å². The number of esters is 1. The maximum Gasteiger partial charge on any atom is 0.333 e. The van der Waals surface area contributed by atoms with E-state index in [1.54, 1.807) is 6.92 Å². The van der Waals surface area contributed by atoms with Crippen LogP contribution in [0.5, 0.6) is 0 Å². The molecule has 0 amide bonds. The number of hydrogen-bond donors (Lipinski definition) is 0. The fraction of sp³-hybridized carbons (Fsp3) is 0.625. The molecule has 0 aliphatic carbocycles. The van der Waals surface area contributed by atoms with Gasteiger partial charge in [0.25, 0.3) is 0 Å². The summed E-state index contributed by atoms with van der Waals surface area (Å²) < 4.78 is 9.49. The second-order valence-electron chi connectivity index (χ2n) is 2.64. The molecule has 0 unspecified atom stereocenters. The van der Waals surface area contributed by atoms with Gasteiger partial charge in [-0.05, 0) is 6.92 Å². The summed E-state index contributed by atoms with van der Waals surface area (Å²) in [5.74, 6) is 0.158. The summed E-state index contributed by atoms with van der Waals surface area (Å²) in [5.41, 5.74) is 0.667. The van der Waals surface area contributed by atoms with Gasteiger partial charge >= 0.3 is 5.97 Å². The highest BCUT2D eigenvalue weighted by molar-refractivity contribution is 5.87. The van der Waals surface area contributed by atoms with E-state index in [1.165, 1.54) is 7.11 Å². The van der Waals surface area contributed by atoms with E-state index in [2.05, 4.69) is 4.74 Å². The predicted molar refractivity (Wildman–Crippen MR) is 40.1 cm³/mol. The van der Waals surface area contributed by atoms with Gasteiger partial charge < -0.3 is 9.47 Å². The second-order valence-corrected chi connectivity index (χ2v) is 2.64. The third-order valence-corrected chi connectivity index (χ3v) is 1.66. The van der Waals surface area contributed by atoms with Crippen LogP contribution in [0.2, 0.25) is 0 Å². The van der Waals surface area contributed by atoms with Crippen LogP contribution in [-0.2, 0) is 14.3 Å². The molecule has 0 aromatic carbocycles. The summed E-state index contributed by atoms with van der Waals surface area (Å²) in [6.07, 6.45) is 1.90. The molecule has 1 saturated heterocycles. The molecule has 0 bridgehead atoms. The third-order valence-electron chi connectivity index (χ3n) is 1.66. The van der Waals surface area contributed by atoms with Crippen molar-refractivity contribution in [3.8, 4) is 0 Å². The lowest BCUT2D eigenvalue weighted by Gasteiger charge is -2.22. The summed E-state index contributed by atoms with van der Waals surface area (Å²) >= 11 is 0. The molecule has 0 radical (unpaired) electrons. The van der Waals surface area contributed by atoms with E-state index in [0.717, 1.165) is 13.2 Å². The van der Waals surface area contributed by atoms with E-state index in [0.29, 0.717) is 11.5 Å². The maximum absolute atomic E-state index is 10.9. The number of hydrogen-bond acceptors (Lipinski definition) is 3. The van der Waals surface area contributed by atoms with Crippen molar-refractivity contribution in [2.45, 2.75) is 6.92 Å². The summed E-state index contributed by atoms with van der Waals surface area (Å²) in [5, 5.41) is 0. The van der Waals surface area contributed by atoms with Crippen LogP contribution in [0, 0.1) is 5.92 Å². The van der Waals surface area contributed by atoms with Gasteiger partial charge in [0.15, 0.2) is 0 Å². The molecule has 62 valence electrons. The number of carbonyl (C=O) groups is 1. The van der Waals surface area contributed by atoms with Crippen molar-refractivity contribution >= 4 is 5.97 Å². The molecule has 0 N–H and O–H groups in total. The molecule has 1 fully saturated rings. The summed E-state index contributed by atoms with van der Waals surface area (Å²) in [6, 6.07) is 0.